The van der Waals surface area contributed by atoms with Gasteiger partial charge in [0.15, 0.2) is 6.61 Å². The number of halogens is 2. The van der Waals surface area contributed by atoms with Crippen molar-refractivity contribution in [2.24, 2.45) is 0 Å². The molecule has 3 N–H and O–H groups in total. The van der Waals surface area contributed by atoms with Gasteiger partial charge in [-0.3, -0.25) is 14.9 Å². The summed E-state index contributed by atoms with van der Waals surface area (Å²) >= 11 is 11.5. The van der Waals surface area contributed by atoms with Crippen LogP contribution in [0.4, 0.5) is 10.5 Å². The molecule has 2 aromatic carbocycles. The molecule has 0 saturated carbocycles. The van der Waals surface area contributed by atoms with Crippen LogP contribution in [0.25, 0.3) is 0 Å². The highest BCUT2D eigenvalue weighted by Crippen LogP contribution is 2.24. The number of aryl methyl sites for hydroxylation is 1. The number of anilines is 1. The number of benzene rings is 2. The zero-order valence-electron chi connectivity index (χ0n) is 16.5. The Labute approximate surface area is 189 Å². The maximum absolute atomic E-state index is 12.2. The van der Waals surface area contributed by atoms with E-state index >= 15 is 0 Å². The number of amides is 3. The summed E-state index contributed by atoms with van der Waals surface area (Å²) in [5.74, 6) is -1.91. The Balaban J connectivity index is 1.80. The SMILES string of the molecule is Cc1cccc(NC(=O)NC(=O)COC(=O)CNS(=O)(=O)c2ccc(Cl)c(Cl)c2)c1C. The van der Waals surface area contributed by atoms with Crippen molar-refractivity contribution in [2.45, 2.75) is 18.7 Å². The minimum Gasteiger partial charge on any atom is -0.455 e. The van der Waals surface area contributed by atoms with Crippen LogP contribution in [-0.4, -0.2) is 39.5 Å². The van der Waals surface area contributed by atoms with Crippen LogP contribution in [0.1, 0.15) is 11.1 Å². The lowest BCUT2D eigenvalue weighted by atomic mass is 10.1. The van der Waals surface area contributed by atoms with Crippen molar-refractivity contribution in [3.8, 4) is 0 Å². The van der Waals surface area contributed by atoms with Crippen molar-refractivity contribution in [1.82, 2.24) is 10.0 Å². The number of rotatable bonds is 7. The van der Waals surface area contributed by atoms with Crippen molar-refractivity contribution in [1.29, 1.82) is 0 Å². The van der Waals surface area contributed by atoms with Crippen LogP contribution in [0.3, 0.4) is 0 Å². The van der Waals surface area contributed by atoms with E-state index < -0.39 is 41.1 Å². The van der Waals surface area contributed by atoms with Crippen LogP contribution in [-0.2, 0) is 24.3 Å². The zero-order chi connectivity index (χ0) is 23.2. The molecule has 0 bridgehead atoms. The molecule has 0 aromatic heterocycles. The lowest BCUT2D eigenvalue weighted by Crippen LogP contribution is -2.38. The second kappa shape index (κ2) is 10.6. The number of hydrogen-bond acceptors (Lipinski definition) is 6. The first-order valence-corrected chi connectivity index (χ1v) is 11.0. The molecule has 0 heterocycles. The lowest BCUT2D eigenvalue weighted by molar-refractivity contribution is -0.147. The molecule has 0 spiro atoms. The van der Waals surface area contributed by atoms with Gasteiger partial charge in [-0.05, 0) is 49.2 Å². The summed E-state index contributed by atoms with van der Waals surface area (Å²) in [5, 5.41) is 4.73. The molecular weight excluding hydrogens is 469 g/mol. The molecule has 9 nitrogen and oxygen atoms in total. The predicted molar refractivity (Wildman–Crippen MR) is 116 cm³/mol. The van der Waals surface area contributed by atoms with E-state index in [0.717, 1.165) is 17.2 Å². The van der Waals surface area contributed by atoms with Gasteiger partial charge in [0, 0.05) is 5.69 Å². The van der Waals surface area contributed by atoms with E-state index in [9.17, 15) is 22.8 Å². The maximum Gasteiger partial charge on any atom is 0.325 e. The molecule has 0 unspecified atom stereocenters. The lowest BCUT2D eigenvalue weighted by Gasteiger charge is -2.11. The number of carbonyl (C=O) groups excluding carboxylic acids is 3. The molecule has 0 aliphatic heterocycles. The number of imide groups is 1. The summed E-state index contributed by atoms with van der Waals surface area (Å²) in [7, 11) is -4.05. The third kappa shape index (κ3) is 7.21. The minimum absolute atomic E-state index is 0.0305. The van der Waals surface area contributed by atoms with Crippen LogP contribution in [0.5, 0.6) is 0 Å². The summed E-state index contributed by atoms with van der Waals surface area (Å²) in [4.78, 5) is 35.2. The molecule has 0 atom stereocenters. The van der Waals surface area contributed by atoms with E-state index in [2.05, 4.69) is 10.1 Å². The van der Waals surface area contributed by atoms with E-state index in [1.54, 1.807) is 12.1 Å². The Morgan fingerprint density at radius 2 is 1.74 bits per heavy atom. The maximum atomic E-state index is 12.2. The van der Waals surface area contributed by atoms with Crippen LogP contribution < -0.4 is 15.4 Å². The first-order valence-electron chi connectivity index (χ1n) is 8.77. The molecule has 2 rings (SSSR count). The molecule has 2 aromatic rings. The molecule has 0 radical (unpaired) electrons. The van der Waals surface area contributed by atoms with Gasteiger partial charge in [-0.1, -0.05) is 35.3 Å². The van der Waals surface area contributed by atoms with E-state index in [4.69, 9.17) is 23.2 Å². The molecule has 0 aliphatic carbocycles. The standard InChI is InChI=1S/C19H19Cl2N3O6S/c1-11-4-3-5-16(12(11)2)23-19(27)24-17(25)10-30-18(26)9-22-31(28,29)13-6-7-14(20)15(21)8-13/h3-8,22H,9-10H2,1-2H3,(H2,23,24,25,27). The summed E-state index contributed by atoms with van der Waals surface area (Å²) in [5.41, 5.74) is 2.33. The molecular formula is C19H19Cl2N3O6S. The van der Waals surface area contributed by atoms with Crippen LogP contribution in [0, 0.1) is 13.8 Å². The number of carbonyl (C=O) groups is 3. The summed E-state index contributed by atoms with van der Waals surface area (Å²) < 4.78 is 31.0. The predicted octanol–water partition coefficient (Wildman–Crippen LogP) is 2.78. The highest BCUT2D eigenvalue weighted by molar-refractivity contribution is 7.89. The first kappa shape index (κ1) is 24.6. The monoisotopic (exact) mass is 487 g/mol. The quantitative estimate of drug-likeness (QED) is 0.514. The Morgan fingerprint density at radius 1 is 1.03 bits per heavy atom. The summed E-state index contributed by atoms with van der Waals surface area (Å²) in [6.07, 6.45) is 0. The second-order valence-electron chi connectivity index (χ2n) is 6.31. The van der Waals surface area contributed by atoms with Gasteiger partial charge in [-0.15, -0.1) is 0 Å². The highest BCUT2D eigenvalue weighted by Gasteiger charge is 2.18. The summed E-state index contributed by atoms with van der Waals surface area (Å²) in [6.45, 7) is 2.18. The molecule has 31 heavy (non-hydrogen) atoms. The van der Waals surface area contributed by atoms with E-state index in [0.29, 0.717) is 5.69 Å². The van der Waals surface area contributed by atoms with Gasteiger partial charge in [0.05, 0.1) is 14.9 Å². The number of hydrogen-bond donors (Lipinski definition) is 3. The largest absolute Gasteiger partial charge is 0.455 e. The molecule has 3 amide bonds. The molecule has 0 aliphatic rings. The normalized spacial score (nSPS) is 11.0. The van der Waals surface area contributed by atoms with E-state index in [1.807, 2.05) is 30.0 Å². The number of ether oxygens (including phenoxy) is 1. The van der Waals surface area contributed by atoms with Gasteiger partial charge in [0.2, 0.25) is 10.0 Å². The Kier molecular flexibility index (Phi) is 8.40. The van der Waals surface area contributed by atoms with Gasteiger partial charge in [-0.25, -0.2) is 13.2 Å². The third-order valence-electron chi connectivity index (χ3n) is 4.08. The smallest absolute Gasteiger partial charge is 0.325 e. The Morgan fingerprint density at radius 3 is 2.42 bits per heavy atom. The van der Waals surface area contributed by atoms with Gasteiger partial charge in [-0.2, -0.15) is 4.72 Å². The fourth-order valence-electron chi connectivity index (χ4n) is 2.28. The third-order valence-corrected chi connectivity index (χ3v) is 6.22. The van der Waals surface area contributed by atoms with Gasteiger partial charge < -0.3 is 10.1 Å². The zero-order valence-corrected chi connectivity index (χ0v) is 18.8. The topological polar surface area (TPSA) is 131 Å². The number of urea groups is 1. The fourth-order valence-corrected chi connectivity index (χ4v) is 3.64. The summed E-state index contributed by atoms with van der Waals surface area (Å²) in [6, 6.07) is 8.13. The molecule has 0 fully saturated rings. The number of esters is 1. The average Bonchev–Trinajstić information content (AvgIpc) is 2.70. The number of sulfonamides is 1. The van der Waals surface area contributed by atoms with E-state index in [1.165, 1.54) is 12.1 Å². The Hall–Kier alpha value is -2.66. The van der Waals surface area contributed by atoms with Crippen molar-refractivity contribution in [3.63, 3.8) is 0 Å². The van der Waals surface area contributed by atoms with Crippen LogP contribution in [0.2, 0.25) is 10.0 Å². The first-order chi connectivity index (χ1) is 14.5. The van der Waals surface area contributed by atoms with Gasteiger partial charge >= 0.3 is 12.0 Å². The average molecular weight is 488 g/mol. The fraction of sp³-hybridized carbons (Fsp3) is 0.211. The minimum atomic E-state index is -4.05. The van der Waals surface area contributed by atoms with Crippen LogP contribution in [0.15, 0.2) is 41.3 Å². The van der Waals surface area contributed by atoms with Crippen molar-refractivity contribution in [3.05, 3.63) is 57.6 Å². The highest BCUT2D eigenvalue weighted by atomic mass is 35.5. The molecule has 0 saturated heterocycles. The number of nitrogens with one attached hydrogen (secondary N) is 3. The van der Waals surface area contributed by atoms with Crippen molar-refractivity contribution < 1.29 is 27.5 Å². The van der Waals surface area contributed by atoms with Crippen LogP contribution >= 0.6 is 23.2 Å². The van der Waals surface area contributed by atoms with Crippen molar-refractivity contribution >= 4 is 56.8 Å². The molecule has 166 valence electrons. The second-order valence-corrected chi connectivity index (χ2v) is 8.89. The molecule has 12 heteroatoms. The van der Waals surface area contributed by atoms with Crippen molar-refractivity contribution in [2.75, 3.05) is 18.5 Å². The Bertz CT molecular complexity index is 1120. The van der Waals surface area contributed by atoms with Gasteiger partial charge in [0.25, 0.3) is 5.91 Å². The van der Waals surface area contributed by atoms with E-state index in [-0.39, 0.29) is 14.9 Å². The van der Waals surface area contributed by atoms with Gasteiger partial charge in [0.1, 0.15) is 6.54 Å².